The zero-order valence-corrected chi connectivity index (χ0v) is 12.3. The van der Waals surface area contributed by atoms with Crippen molar-refractivity contribution in [3.05, 3.63) is 62.2 Å². The van der Waals surface area contributed by atoms with Crippen LogP contribution in [0.3, 0.4) is 0 Å². The summed E-state index contributed by atoms with van der Waals surface area (Å²) in [6, 6.07) is 8.00. The van der Waals surface area contributed by atoms with E-state index in [4.69, 9.17) is 11.6 Å². The van der Waals surface area contributed by atoms with Crippen LogP contribution in [-0.4, -0.2) is 16.2 Å². The lowest BCUT2D eigenvalue weighted by atomic mass is 10.1. The number of hydrogen-bond acceptors (Lipinski definition) is 4. The number of nitro groups is 1. The van der Waals surface area contributed by atoms with Gasteiger partial charge in [0.25, 0.3) is 5.69 Å². The van der Waals surface area contributed by atoms with Crippen LogP contribution in [-0.2, 0) is 0 Å². The third kappa shape index (κ3) is 3.38. The number of aliphatic imine (C=N–C) groups is 1. The van der Waals surface area contributed by atoms with Crippen LogP contribution in [0, 0.1) is 24.0 Å². The lowest BCUT2D eigenvalue weighted by Crippen LogP contribution is -1.91. The third-order valence-corrected chi connectivity index (χ3v) is 3.26. The first-order valence-corrected chi connectivity index (χ1v) is 6.54. The van der Waals surface area contributed by atoms with E-state index in [1.807, 2.05) is 13.0 Å². The predicted octanol–water partition coefficient (Wildman–Crippen LogP) is 4.32. The number of aryl methyl sites for hydroxylation is 2. The fourth-order valence-corrected chi connectivity index (χ4v) is 2.12. The van der Waals surface area contributed by atoms with Crippen molar-refractivity contribution in [2.75, 3.05) is 0 Å². The summed E-state index contributed by atoms with van der Waals surface area (Å²) in [4.78, 5) is 14.5. The highest BCUT2D eigenvalue weighted by atomic mass is 35.5. The van der Waals surface area contributed by atoms with E-state index >= 15 is 0 Å². The fraction of sp³-hybridized carbons (Fsp3) is 0.133. The topological polar surface area (TPSA) is 75.7 Å². The molecule has 0 fully saturated rings. The van der Waals surface area contributed by atoms with E-state index < -0.39 is 4.92 Å². The summed E-state index contributed by atoms with van der Waals surface area (Å²) in [6.45, 7) is 3.69. The van der Waals surface area contributed by atoms with E-state index in [0.29, 0.717) is 11.3 Å². The van der Waals surface area contributed by atoms with Gasteiger partial charge >= 0.3 is 0 Å². The first-order chi connectivity index (χ1) is 9.88. The Balaban J connectivity index is 2.38. The lowest BCUT2D eigenvalue weighted by Gasteiger charge is -2.04. The molecule has 6 heteroatoms. The molecule has 2 rings (SSSR count). The molecular weight excluding hydrogens is 292 g/mol. The Morgan fingerprint density at radius 1 is 1.29 bits per heavy atom. The molecule has 5 nitrogen and oxygen atoms in total. The number of rotatable bonds is 3. The Bertz CT molecular complexity index is 742. The number of nitro benzene ring substituents is 1. The fourth-order valence-electron chi connectivity index (χ4n) is 1.93. The van der Waals surface area contributed by atoms with Gasteiger partial charge in [-0.1, -0.05) is 23.7 Å². The molecule has 0 aliphatic rings. The van der Waals surface area contributed by atoms with E-state index in [9.17, 15) is 15.2 Å². The van der Waals surface area contributed by atoms with Crippen molar-refractivity contribution < 1.29 is 10.0 Å². The van der Waals surface area contributed by atoms with Crippen LogP contribution < -0.4 is 0 Å². The van der Waals surface area contributed by atoms with Gasteiger partial charge in [0.2, 0.25) is 0 Å². The maximum absolute atomic E-state index is 10.8. The Labute approximate surface area is 126 Å². The maximum Gasteiger partial charge on any atom is 0.288 e. The van der Waals surface area contributed by atoms with Crippen LogP contribution in [0.1, 0.15) is 16.7 Å². The van der Waals surface area contributed by atoms with Gasteiger partial charge in [0, 0.05) is 12.3 Å². The number of nitrogens with zero attached hydrogens (tertiary/aromatic N) is 2. The molecule has 0 aliphatic carbocycles. The number of phenols is 1. The van der Waals surface area contributed by atoms with Crippen LogP contribution >= 0.6 is 11.6 Å². The normalized spacial score (nSPS) is 11.0. The second-order valence-electron chi connectivity index (χ2n) is 4.68. The number of aromatic hydroxyl groups is 1. The van der Waals surface area contributed by atoms with Gasteiger partial charge in [-0.05, 0) is 42.7 Å². The molecule has 21 heavy (non-hydrogen) atoms. The highest BCUT2D eigenvalue weighted by Crippen LogP contribution is 2.31. The molecule has 0 heterocycles. The zero-order chi connectivity index (χ0) is 15.6. The van der Waals surface area contributed by atoms with Crippen molar-refractivity contribution in [1.82, 2.24) is 0 Å². The molecule has 0 spiro atoms. The van der Waals surface area contributed by atoms with E-state index in [0.717, 1.165) is 11.1 Å². The van der Waals surface area contributed by atoms with Gasteiger partial charge in [-0.25, -0.2) is 0 Å². The molecular formula is C15H13ClN2O3. The standard InChI is InChI=1S/C15H13ClN2O3/c1-9-5-10(2)15(19)13(6-9)17-8-11-3-4-12(16)14(7-11)18(20)21/h3-8,19H,1-2H3. The van der Waals surface area contributed by atoms with Gasteiger partial charge in [0.1, 0.15) is 16.5 Å². The molecule has 2 aromatic carbocycles. The minimum Gasteiger partial charge on any atom is -0.505 e. The van der Waals surface area contributed by atoms with Gasteiger partial charge in [0.05, 0.1) is 4.92 Å². The van der Waals surface area contributed by atoms with Crippen LogP contribution in [0.4, 0.5) is 11.4 Å². The summed E-state index contributed by atoms with van der Waals surface area (Å²) in [6.07, 6.45) is 1.46. The van der Waals surface area contributed by atoms with Gasteiger partial charge in [-0.2, -0.15) is 0 Å². The average molecular weight is 305 g/mol. The zero-order valence-electron chi connectivity index (χ0n) is 11.5. The van der Waals surface area contributed by atoms with Gasteiger partial charge < -0.3 is 5.11 Å². The summed E-state index contributed by atoms with van der Waals surface area (Å²) < 4.78 is 0. The molecule has 0 aromatic heterocycles. The van der Waals surface area contributed by atoms with Gasteiger partial charge in [-0.3, -0.25) is 15.1 Å². The van der Waals surface area contributed by atoms with Crippen molar-refractivity contribution in [2.24, 2.45) is 4.99 Å². The first kappa shape index (κ1) is 15.0. The average Bonchev–Trinajstić information content (AvgIpc) is 2.42. The third-order valence-electron chi connectivity index (χ3n) is 2.94. The Morgan fingerprint density at radius 3 is 2.67 bits per heavy atom. The maximum atomic E-state index is 10.8. The van der Waals surface area contributed by atoms with Crippen LogP contribution in [0.2, 0.25) is 5.02 Å². The molecule has 0 atom stereocenters. The van der Waals surface area contributed by atoms with Crippen molar-refractivity contribution in [3.63, 3.8) is 0 Å². The second-order valence-corrected chi connectivity index (χ2v) is 5.08. The second kappa shape index (κ2) is 5.93. The predicted molar refractivity (Wildman–Crippen MR) is 82.9 cm³/mol. The summed E-state index contributed by atoms with van der Waals surface area (Å²) in [5.41, 5.74) is 2.48. The molecule has 0 unspecified atom stereocenters. The molecule has 0 radical (unpaired) electrons. The number of halogens is 1. The van der Waals surface area contributed by atoms with E-state index in [1.54, 1.807) is 19.1 Å². The van der Waals surface area contributed by atoms with Crippen molar-refractivity contribution in [2.45, 2.75) is 13.8 Å². The van der Waals surface area contributed by atoms with Crippen LogP contribution in [0.15, 0.2) is 35.3 Å². The molecule has 0 saturated carbocycles. The Hall–Kier alpha value is -2.40. The summed E-state index contributed by atoms with van der Waals surface area (Å²) in [5, 5.41) is 20.8. The first-order valence-electron chi connectivity index (χ1n) is 6.16. The van der Waals surface area contributed by atoms with Gasteiger partial charge in [0.15, 0.2) is 0 Å². The quantitative estimate of drug-likeness (QED) is 0.521. The minimum atomic E-state index is -0.548. The minimum absolute atomic E-state index is 0.0754. The number of phenolic OH excluding ortho intramolecular Hbond substituents is 1. The monoisotopic (exact) mass is 304 g/mol. The van der Waals surface area contributed by atoms with Gasteiger partial charge in [-0.15, -0.1) is 0 Å². The van der Waals surface area contributed by atoms with Crippen molar-refractivity contribution >= 4 is 29.2 Å². The number of hydrogen-bond donors (Lipinski definition) is 1. The molecule has 0 aliphatic heterocycles. The Morgan fingerprint density at radius 2 is 2.00 bits per heavy atom. The van der Waals surface area contributed by atoms with Crippen molar-refractivity contribution in [3.8, 4) is 5.75 Å². The smallest absolute Gasteiger partial charge is 0.288 e. The summed E-state index contributed by atoms with van der Waals surface area (Å²) >= 11 is 5.75. The van der Waals surface area contributed by atoms with E-state index in [1.165, 1.54) is 18.3 Å². The molecule has 0 saturated heterocycles. The SMILES string of the molecule is Cc1cc(C)c(O)c(N=Cc2ccc(Cl)c([N+](=O)[O-])c2)c1. The highest BCUT2D eigenvalue weighted by molar-refractivity contribution is 6.32. The van der Waals surface area contributed by atoms with E-state index in [-0.39, 0.29) is 16.5 Å². The Kier molecular flexibility index (Phi) is 4.23. The van der Waals surface area contributed by atoms with Crippen LogP contribution in [0.5, 0.6) is 5.75 Å². The molecule has 108 valence electrons. The largest absolute Gasteiger partial charge is 0.505 e. The van der Waals surface area contributed by atoms with E-state index in [2.05, 4.69) is 4.99 Å². The number of benzene rings is 2. The molecule has 1 N–H and O–H groups in total. The molecule has 0 amide bonds. The van der Waals surface area contributed by atoms with Crippen LogP contribution in [0.25, 0.3) is 0 Å². The summed E-state index contributed by atoms with van der Waals surface area (Å²) in [5.74, 6) is 0.0975. The molecule has 0 bridgehead atoms. The highest BCUT2D eigenvalue weighted by Gasteiger charge is 2.12. The summed E-state index contributed by atoms with van der Waals surface area (Å²) in [7, 11) is 0. The lowest BCUT2D eigenvalue weighted by molar-refractivity contribution is -0.384. The molecule has 2 aromatic rings. The van der Waals surface area contributed by atoms with Crippen molar-refractivity contribution in [1.29, 1.82) is 0 Å².